The third-order valence-corrected chi connectivity index (χ3v) is 6.55. The molecule has 0 saturated carbocycles. The highest BCUT2D eigenvalue weighted by Crippen LogP contribution is 2.43. The van der Waals surface area contributed by atoms with Gasteiger partial charge in [0.1, 0.15) is 34.9 Å². The molecule has 0 spiro atoms. The van der Waals surface area contributed by atoms with Crippen LogP contribution in [0.4, 0.5) is 10.1 Å². The molecule has 0 aliphatic carbocycles. The lowest BCUT2D eigenvalue weighted by atomic mass is 10.0. The molecule has 7 heteroatoms. The van der Waals surface area contributed by atoms with Crippen LogP contribution in [-0.2, 0) is 0 Å². The first kappa shape index (κ1) is 22.9. The van der Waals surface area contributed by atoms with Crippen LogP contribution in [0.15, 0.2) is 120 Å². The number of hydrogen-bond acceptors (Lipinski definition) is 4. The maximum absolute atomic E-state index is 13.4. The Bertz CT molecular complexity index is 1510. The van der Waals surface area contributed by atoms with E-state index in [0.717, 1.165) is 28.4 Å². The van der Waals surface area contributed by atoms with Crippen molar-refractivity contribution < 1.29 is 13.5 Å². The second-order valence-electron chi connectivity index (χ2n) is 8.61. The molecule has 0 unspecified atom stereocenters. The van der Waals surface area contributed by atoms with Crippen molar-refractivity contribution in [1.29, 1.82) is 0 Å². The van der Waals surface area contributed by atoms with E-state index >= 15 is 0 Å². The molecular weight excluding hydrogens is 485 g/mol. The fourth-order valence-electron chi connectivity index (χ4n) is 4.50. The number of benzene rings is 3. The van der Waals surface area contributed by atoms with Gasteiger partial charge in [0.05, 0.1) is 11.7 Å². The van der Waals surface area contributed by atoms with Gasteiger partial charge in [-0.05, 0) is 97.1 Å². The van der Waals surface area contributed by atoms with Crippen molar-refractivity contribution in [2.45, 2.75) is 12.1 Å². The van der Waals surface area contributed by atoms with E-state index in [1.54, 1.807) is 18.3 Å². The number of ether oxygens (including phenoxy) is 1. The first-order valence-corrected chi connectivity index (χ1v) is 12.3. The number of nitrogens with one attached hydrogen (secondary N) is 1. The van der Waals surface area contributed by atoms with Gasteiger partial charge in [0.25, 0.3) is 0 Å². The van der Waals surface area contributed by atoms with Crippen molar-refractivity contribution in [2.24, 2.45) is 0 Å². The zero-order valence-electron chi connectivity index (χ0n) is 19.6. The number of furan rings is 1. The van der Waals surface area contributed by atoms with Crippen molar-refractivity contribution in [2.75, 3.05) is 4.90 Å². The number of aromatic nitrogens is 1. The van der Waals surface area contributed by atoms with E-state index in [4.69, 9.17) is 21.4 Å². The quantitative estimate of drug-likeness (QED) is 0.241. The van der Waals surface area contributed by atoms with Crippen LogP contribution in [0, 0.1) is 5.82 Å². The van der Waals surface area contributed by atoms with Gasteiger partial charge in [-0.15, -0.1) is 0 Å². The molecule has 2 aromatic heterocycles. The summed E-state index contributed by atoms with van der Waals surface area (Å²) in [6, 6.07) is 32.8. The highest BCUT2D eigenvalue weighted by Gasteiger charge is 2.42. The molecule has 0 bridgehead atoms. The third-order valence-electron chi connectivity index (χ3n) is 6.24. The van der Waals surface area contributed by atoms with Gasteiger partial charge in [0.2, 0.25) is 0 Å². The Hall–Kier alpha value is -4.49. The first-order valence-electron chi connectivity index (χ1n) is 11.8. The Morgan fingerprint density at radius 3 is 2.27 bits per heavy atom. The lowest BCUT2D eigenvalue weighted by Crippen LogP contribution is -2.29. The summed E-state index contributed by atoms with van der Waals surface area (Å²) in [5, 5.41) is 4.00. The van der Waals surface area contributed by atoms with Gasteiger partial charge in [0.15, 0.2) is 5.11 Å². The second kappa shape index (κ2) is 9.87. The predicted molar refractivity (Wildman–Crippen MR) is 145 cm³/mol. The largest absolute Gasteiger partial charge is 0.459 e. The maximum Gasteiger partial charge on any atom is 0.174 e. The summed E-state index contributed by atoms with van der Waals surface area (Å²) in [5.74, 6) is 2.57. The van der Waals surface area contributed by atoms with Crippen LogP contribution >= 0.6 is 12.2 Å². The summed E-state index contributed by atoms with van der Waals surface area (Å²) in [6.45, 7) is 0. The zero-order chi connectivity index (χ0) is 25.2. The number of para-hydroxylation sites is 1. The van der Waals surface area contributed by atoms with E-state index in [0.29, 0.717) is 16.6 Å². The topological polar surface area (TPSA) is 50.5 Å². The zero-order valence-corrected chi connectivity index (χ0v) is 20.4. The number of rotatable bonds is 6. The van der Waals surface area contributed by atoms with Crippen molar-refractivity contribution in [3.8, 4) is 22.8 Å². The third kappa shape index (κ3) is 4.69. The molecule has 5 aromatic rings. The summed E-state index contributed by atoms with van der Waals surface area (Å²) in [4.78, 5) is 6.62. The highest BCUT2D eigenvalue weighted by atomic mass is 32.1. The van der Waals surface area contributed by atoms with Crippen LogP contribution in [0.3, 0.4) is 0 Å². The van der Waals surface area contributed by atoms with E-state index in [9.17, 15) is 4.39 Å². The Kier molecular flexibility index (Phi) is 6.12. The van der Waals surface area contributed by atoms with E-state index in [1.165, 1.54) is 12.1 Å². The first-order chi connectivity index (χ1) is 18.2. The fraction of sp³-hybridized carbons (Fsp3) is 0.0667. The summed E-state index contributed by atoms with van der Waals surface area (Å²) >= 11 is 5.80. The summed E-state index contributed by atoms with van der Waals surface area (Å²) in [5.41, 5.74) is 2.53. The lowest BCUT2D eigenvalue weighted by molar-refractivity contribution is 0.439. The Labute approximate surface area is 219 Å². The molecule has 5 nitrogen and oxygen atoms in total. The van der Waals surface area contributed by atoms with Gasteiger partial charge in [0, 0.05) is 17.4 Å². The Balaban J connectivity index is 1.35. The van der Waals surface area contributed by atoms with E-state index < -0.39 is 0 Å². The van der Waals surface area contributed by atoms with Crippen LogP contribution in [-0.4, -0.2) is 10.1 Å². The monoisotopic (exact) mass is 507 g/mol. The van der Waals surface area contributed by atoms with E-state index in [-0.39, 0.29) is 17.9 Å². The molecule has 1 fully saturated rings. The molecule has 1 saturated heterocycles. The number of anilines is 1. The van der Waals surface area contributed by atoms with Crippen LogP contribution in [0.1, 0.15) is 23.5 Å². The number of halogens is 1. The molecule has 37 heavy (non-hydrogen) atoms. The second-order valence-corrected chi connectivity index (χ2v) is 9.00. The van der Waals surface area contributed by atoms with Gasteiger partial charge < -0.3 is 19.4 Å². The average Bonchev–Trinajstić information content (AvgIpc) is 3.55. The Morgan fingerprint density at radius 2 is 1.54 bits per heavy atom. The van der Waals surface area contributed by atoms with Crippen LogP contribution in [0.5, 0.6) is 11.5 Å². The SMILES string of the molecule is Fc1ccc(-c2ccc([C@@H]3[C@@H](c4ccccn4)NC(=S)N3c3ccc(Oc4ccccc4)cc3)o2)cc1. The van der Waals surface area contributed by atoms with Crippen LogP contribution in [0.25, 0.3) is 11.3 Å². The molecule has 2 atom stereocenters. The van der Waals surface area contributed by atoms with Crippen molar-refractivity contribution >= 4 is 23.0 Å². The maximum atomic E-state index is 13.4. The number of pyridine rings is 1. The minimum atomic E-state index is -0.294. The van der Waals surface area contributed by atoms with Gasteiger partial charge in [-0.3, -0.25) is 4.98 Å². The standard InChI is InChI=1S/C30H22FN3O2S/c31-21-11-9-20(10-12-21)26-17-18-27(36-26)29-28(25-8-4-5-19-32-25)33-30(37)34(29)22-13-15-24(16-14-22)35-23-6-2-1-3-7-23/h1-19,28-29H,(H,33,37)/t28-,29-/m1/s1. The molecule has 0 amide bonds. The van der Waals surface area contributed by atoms with Crippen molar-refractivity contribution in [3.63, 3.8) is 0 Å². The molecule has 0 radical (unpaired) electrons. The molecule has 1 aliphatic rings. The molecule has 1 aliphatic heterocycles. The van der Waals surface area contributed by atoms with Gasteiger partial charge in [-0.1, -0.05) is 24.3 Å². The molecular formula is C30H22FN3O2S. The summed E-state index contributed by atoms with van der Waals surface area (Å²) in [7, 11) is 0. The molecule has 6 rings (SSSR count). The normalized spacial score (nSPS) is 17.0. The molecule has 3 heterocycles. The molecule has 182 valence electrons. The van der Waals surface area contributed by atoms with Crippen molar-refractivity contribution in [3.05, 3.63) is 133 Å². The van der Waals surface area contributed by atoms with E-state index in [2.05, 4.69) is 10.3 Å². The van der Waals surface area contributed by atoms with Gasteiger partial charge in [-0.25, -0.2) is 4.39 Å². The van der Waals surface area contributed by atoms with Gasteiger partial charge >= 0.3 is 0 Å². The smallest absolute Gasteiger partial charge is 0.174 e. The lowest BCUT2D eigenvalue weighted by Gasteiger charge is -2.26. The summed E-state index contributed by atoms with van der Waals surface area (Å²) in [6.07, 6.45) is 1.77. The Morgan fingerprint density at radius 1 is 0.811 bits per heavy atom. The van der Waals surface area contributed by atoms with Crippen LogP contribution < -0.4 is 15.0 Å². The van der Waals surface area contributed by atoms with Crippen LogP contribution in [0.2, 0.25) is 0 Å². The molecule has 1 N–H and O–H groups in total. The predicted octanol–water partition coefficient (Wildman–Crippen LogP) is 7.45. The fourth-order valence-corrected chi connectivity index (χ4v) is 4.85. The minimum Gasteiger partial charge on any atom is -0.459 e. The number of thiocarbonyl (C=S) groups is 1. The van der Waals surface area contributed by atoms with Crippen molar-refractivity contribution in [1.82, 2.24) is 10.3 Å². The average molecular weight is 508 g/mol. The van der Waals surface area contributed by atoms with Gasteiger partial charge in [-0.2, -0.15) is 0 Å². The molecule has 3 aromatic carbocycles. The highest BCUT2D eigenvalue weighted by molar-refractivity contribution is 7.80. The summed E-state index contributed by atoms with van der Waals surface area (Å²) < 4.78 is 25.7. The minimum absolute atomic E-state index is 0.235. The number of hydrogen-bond donors (Lipinski definition) is 1. The van der Waals surface area contributed by atoms with E-state index in [1.807, 2.05) is 89.8 Å². The number of nitrogens with zero attached hydrogens (tertiary/aromatic N) is 2.